The Kier molecular flexibility index (Phi) is 3.35. The van der Waals surface area contributed by atoms with E-state index in [1.807, 2.05) is 46.0 Å². The van der Waals surface area contributed by atoms with E-state index < -0.39 is 11.4 Å². The van der Waals surface area contributed by atoms with Gasteiger partial charge in [-0.15, -0.1) is 0 Å². The van der Waals surface area contributed by atoms with E-state index in [4.69, 9.17) is 16.7 Å². The summed E-state index contributed by atoms with van der Waals surface area (Å²) in [6.07, 6.45) is 0.0967. The number of aryl methyl sites for hydroxylation is 1. The van der Waals surface area contributed by atoms with Gasteiger partial charge in [-0.25, -0.2) is 0 Å². The molecule has 1 aromatic carbocycles. The Labute approximate surface area is 117 Å². The lowest BCUT2D eigenvalue weighted by atomic mass is 9.80. The van der Waals surface area contributed by atoms with Gasteiger partial charge in [-0.3, -0.25) is 4.79 Å². The number of fused-ring (bicyclic) bond motifs is 1. The second kappa shape index (κ2) is 4.57. The molecule has 1 N–H and O–H groups in total. The number of carboxylic acid groups (broad SMARTS) is 1. The molecule has 3 nitrogen and oxygen atoms in total. The summed E-state index contributed by atoms with van der Waals surface area (Å²) in [4.78, 5) is 11.1. The standard InChI is InChI=1S/C15H18ClNO2/c1-9-14(15(2,3)8-13(18)19)11-7-10(16)5-6-12(11)17(9)4/h5-7H,8H2,1-4H3,(H,18,19). The molecule has 0 saturated heterocycles. The first-order chi connectivity index (χ1) is 8.74. The summed E-state index contributed by atoms with van der Waals surface area (Å²) in [5, 5.41) is 10.8. The molecule has 0 radical (unpaired) electrons. The first-order valence-electron chi connectivity index (χ1n) is 6.21. The minimum absolute atomic E-state index is 0.0967. The predicted octanol–water partition coefficient (Wildman–Crippen LogP) is 3.89. The zero-order valence-corrected chi connectivity index (χ0v) is 12.4. The second-order valence-electron chi connectivity index (χ2n) is 5.64. The highest BCUT2D eigenvalue weighted by Crippen LogP contribution is 2.38. The first-order valence-corrected chi connectivity index (χ1v) is 6.58. The van der Waals surface area contributed by atoms with Crippen molar-refractivity contribution >= 4 is 28.5 Å². The molecule has 2 aromatic rings. The van der Waals surface area contributed by atoms with E-state index in [-0.39, 0.29) is 6.42 Å². The SMILES string of the molecule is Cc1c(C(C)(C)CC(=O)O)c2cc(Cl)ccc2n1C. The van der Waals surface area contributed by atoms with Crippen molar-refractivity contribution in [2.75, 3.05) is 0 Å². The van der Waals surface area contributed by atoms with E-state index in [0.717, 1.165) is 22.2 Å². The number of halogens is 1. The molecule has 0 aliphatic heterocycles. The number of carboxylic acids is 1. The average Bonchev–Trinajstić information content (AvgIpc) is 2.49. The van der Waals surface area contributed by atoms with E-state index >= 15 is 0 Å². The lowest BCUT2D eigenvalue weighted by molar-refractivity contribution is -0.138. The Morgan fingerprint density at radius 2 is 2.05 bits per heavy atom. The van der Waals surface area contributed by atoms with E-state index in [0.29, 0.717) is 5.02 Å². The maximum Gasteiger partial charge on any atom is 0.304 e. The quantitative estimate of drug-likeness (QED) is 0.926. The molecule has 0 aliphatic rings. The molecule has 1 aromatic heterocycles. The van der Waals surface area contributed by atoms with Crippen LogP contribution in [0.1, 0.15) is 31.5 Å². The molecule has 1 heterocycles. The van der Waals surface area contributed by atoms with Crippen LogP contribution < -0.4 is 0 Å². The fraction of sp³-hybridized carbons (Fsp3) is 0.400. The molecule has 0 fully saturated rings. The smallest absolute Gasteiger partial charge is 0.304 e. The van der Waals surface area contributed by atoms with Crippen molar-refractivity contribution < 1.29 is 9.90 Å². The highest BCUT2D eigenvalue weighted by molar-refractivity contribution is 6.31. The van der Waals surface area contributed by atoms with Crippen LogP contribution in [0.3, 0.4) is 0 Å². The van der Waals surface area contributed by atoms with Crippen LogP contribution >= 0.6 is 11.6 Å². The summed E-state index contributed by atoms with van der Waals surface area (Å²) in [5.41, 5.74) is 2.80. The third-order valence-electron chi connectivity index (χ3n) is 3.72. The first kappa shape index (κ1) is 13.9. The lowest BCUT2D eigenvalue weighted by Gasteiger charge is -2.23. The van der Waals surface area contributed by atoms with Gasteiger partial charge >= 0.3 is 5.97 Å². The summed E-state index contributed by atoms with van der Waals surface area (Å²) in [7, 11) is 1.99. The number of hydrogen-bond donors (Lipinski definition) is 1. The zero-order valence-electron chi connectivity index (χ0n) is 11.6. The molecule has 2 rings (SSSR count). The molecule has 0 unspecified atom stereocenters. The third-order valence-corrected chi connectivity index (χ3v) is 3.96. The van der Waals surface area contributed by atoms with Gasteiger partial charge in [-0.05, 0) is 30.7 Å². The fourth-order valence-electron chi connectivity index (χ4n) is 2.86. The molecule has 0 saturated carbocycles. The summed E-state index contributed by atoms with van der Waals surface area (Å²) in [6.45, 7) is 5.94. The lowest BCUT2D eigenvalue weighted by Crippen LogP contribution is -2.22. The van der Waals surface area contributed by atoms with Crippen LogP contribution in [0.15, 0.2) is 18.2 Å². The van der Waals surface area contributed by atoms with Crippen LogP contribution in [0.25, 0.3) is 10.9 Å². The molecular weight excluding hydrogens is 262 g/mol. The Morgan fingerprint density at radius 1 is 1.42 bits per heavy atom. The molecule has 4 heteroatoms. The molecule has 0 aliphatic carbocycles. The van der Waals surface area contributed by atoms with Gasteiger partial charge in [0.05, 0.1) is 6.42 Å². The number of aliphatic carboxylic acids is 1. The molecule has 0 bridgehead atoms. The summed E-state index contributed by atoms with van der Waals surface area (Å²) < 4.78 is 2.09. The largest absolute Gasteiger partial charge is 0.481 e. The highest BCUT2D eigenvalue weighted by Gasteiger charge is 2.30. The number of aromatic nitrogens is 1. The number of benzene rings is 1. The minimum Gasteiger partial charge on any atom is -0.481 e. The van der Waals surface area contributed by atoms with Crippen LogP contribution in [0.4, 0.5) is 0 Å². The van der Waals surface area contributed by atoms with Gasteiger partial charge in [0.1, 0.15) is 0 Å². The second-order valence-corrected chi connectivity index (χ2v) is 6.07. The Morgan fingerprint density at radius 3 is 2.63 bits per heavy atom. The summed E-state index contributed by atoms with van der Waals surface area (Å²) in [6, 6.07) is 5.76. The average molecular weight is 280 g/mol. The third kappa shape index (κ3) is 2.35. The normalized spacial score (nSPS) is 12.1. The van der Waals surface area contributed by atoms with Crippen LogP contribution in [0.2, 0.25) is 5.02 Å². The number of rotatable bonds is 3. The van der Waals surface area contributed by atoms with Crippen molar-refractivity contribution in [2.45, 2.75) is 32.6 Å². The van der Waals surface area contributed by atoms with Crippen molar-refractivity contribution in [2.24, 2.45) is 7.05 Å². The molecule has 19 heavy (non-hydrogen) atoms. The van der Waals surface area contributed by atoms with Crippen molar-refractivity contribution in [1.29, 1.82) is 0 Å². The van der Waals surface area contributed by atoms with Crippen molar-refractivity contribution in [3.8, 4) is 0 Å². The fourth-order valence-corrected chi connectivity index (χ4v) is 3.04. The monoisotopic (exact) mass is 279 g/mol. The van der Waals surface area contributed by atoms with Crippen molar-refractivity contribution in [3.63, 3.8) is 0 Å². The number of hydrogen-bond acceptors (Lipinski definition) is 1. The van der Waals surface area contributed by atoms with Crippen LogP contribution in [-0.2, 0) is 17.3 Å². The molecule has 0 atom stereocenters. The van der Waals surface area contributed by atoms with Crippen molar-refractivity contribution in [1.82, 2.24) is 4.57 Å². The summed E-state index contributed by atoms with van der Waals surface area (Å²) in [5.74, 6) is -0.788. The van der Waals surface area contributed by atoms with Crippen LogP contribution in [-0.4, -0.2) is 15.6 Å². The van der Waals surface area contributed by atoms with Gasteiger partial charge in [0.2, 0.25) is 0 Å². The summed E-state index contributed by atoms with van der Waals surface area (Å²) >= 11 is 6.08. The van der Waals surface area contributed by atoms with E-state index in [9.17, 15) is 4.79 Å². The van der Waals surface area contributed by atoms with Gasteiger partial charge in [-0.2, -0.15) is 0 Å². The van der Waals surface area contributed by atoms with E-state index in [1.165, 1.54) is 0 Å². The molecule has 0 amide bonds. The van der Waals surface area contributed by atoms with Gasteiger partial charge < -0.3 is 9.67 Å². The molecular formula is C15H18ClNO2. The maximum absolute atomic E-state index is 11.1. The Bertz CT molecular complexity index is 656. The van der Waals surface area contributed by atoms with E-state index in [1.54, 1.807) is 0 Å². The van der Waals surface area contributed by atoms with Crippen molar-refractivity contribution in [3.05, 3.63) is 34.5 Å². The molecule has 0 spiro atoms. The zero-order chi connectivity index (χ0) is 14.4. The molecule has 102 valence electrons. The predicted molar refractivity (Wildman–Crippen MR) is 77.9 cm³/mol. The minimum atomic E-state index is -0.788. The van der Waals surface area contributed by atoms with Crippen LogP contribution in [0, 0.1) is 6.92 Å². The van der Waals surface area contributed by atoms with Gasteiger partial charge in [0, 0.05) is 34.1 Å². The number of carbonyl (C=O) groups is 1. The van der Waals surface area contributed by atoms with Gasteiger partial charge in [0.25, 0.3) is 0 Å². The van der Waals surface area contributed by atoms with Gasteiger partial charge in [0.15, 0.2) is 0 Å². The topological polar surface area (TPSA) is 42.2 Å². The van der Waals surface area contributed by atoms with Crippen LogP contribution in [0.5, 0.6) is 0 Å². The maximum atomic E-state index is 11.1. The van der Waals surface area contributed by atoms with Gasteiger partial charge in [-0.1, -0.05) is 25.4 Å². The Hall–Kier alpha value is -1.48. The van der Waals surface area contributed by atoms with E-state index in [2.05, 4.69) is 4.57 Å². The Balaban J connectivity index is 2.75. The highest BCUT2D eigenvalue weighted by atomic mass is 35.5. The number of nitrogens with zero attached hydrogens (tertiary/aromatic N) is 1.